The van der Waals surface area contributed by atoms with Gasteiger partial charge in [0.1, 0.15) is 10.7 Å². The molecule has 0 saturated carbocycles. The van der Waals surface area contributed by atoms with Crippen LogP contribution in [0.5, 0.6) is 0 Å². The predicted molar refractivity (Wildman–Crippen MR) is 111 cm³/mol. The maximum Gasteiger partial charge on any atom is 0.230 e. The van der Waals surface area contributed by atoms with Crippen molar-refractivity contribution in [2.75, 3.05) is 5.32 Å². The SMILES string of the molecule is O=C(Cc1noc2ccccc12)Nc1ccc(-c2nc3ccccc3s2)cc1. The Bertz CT molecular complexity index is 1260. The van der Waals surface area contributed by atoms with Crippen LogP contribution in [-0.2, 0) is 11.2 Å². The summed E-state index contributed by atoms with van der Waals surface area (Å²) in [5, 5.41) is 8.75. The van der Waals surface area contributed by atoms with Crippen LogP contribution >= 0.6 is 11.3 Å². The number of aromatic nitrogens is 2. The Labute approximate surface area is 164 Å². The smallest absolute Gasteiger partial charge is 0.230 e. The van der Waals surface area contributed by atoms with Crippen molar-refractivity contribution >= 4 is 44.1 Å². The highest BCUT2D eigenvalue weighted by Gasteiger charge is 2.12. The summed E-state index contributed by atoms with van der Waals surface area (Å²) in [5.41, 5.74) is 4.09. The number of anilines is 1. The molecule has 0 atom stereocenters. The first-order valence-corrected chi connectivity index (χ1v) is 9.67. The molecule has 2 heterocycles. The summed E-state index contributed by atoms with van der Waals surface area (Å²) in [6, 6.07) is 23.3. The van der Waals surface area contributed by atoms with Gasteiger partial charge in [-0.05, 0) is 48.5 Å². The molecule has 5 nitrogen and oxygen atoms in total. The third-order valence-corrected chi connectivity index (χ3v) is 5.58. The minimum atomic E-state index is -0.133. The second-order valence-corrected chi connectivity index (χ2v) is 7.45. The van der Waals surface area contributed by atoms with Crippen LogP contribution in [0.25, 0.3) is 31.8 Å². The van der Waals surface area contributed by atoms with Gasteiger partial charge in [-0.25, -0.2) is 4.98 Å². The van der Waals surface area contributed by atoms with Crippen molar-refractivity contribution in [1.29, 1.82) is 0 Å². The molecular weight excluding hydrogens is 370 g/mol. The summed E-state index contributed by atoms with van der Waals surface area (Å²) in [7, 11) is 0. The molecule has 0 aliphatic carbocycles. The summed E-state index contributed by atoms with van der Waals surface area (Å²) >= 11 is 1.66. The van der Waals surface area contributed by atoms with Gasteiger partial charge in [-0.1, -0.05) is 29.4 Å². The molecule has 0 unspecified atom stereocenters. The summed E-state index contributed by atoms with van der Waals surface area (Å²) in [5.74, 6) is -0.133. The Morgan fingerprint density at radius 3 is 2.61 bits per heavy atom. The van der Waals surface area contributed by atoms with Crippen LogP contribution < -0.4 is 5.32 Å². The maximum atomic E-state index is 12.4. The molecule has 0 radical (unpaired) electrons. The predicted octanol–water partition coefficient (Wildman–Crippen LogP) is 5.29. The second kappa shape index (κ2) is 6.90. The van der Waals surface area contributed by atoms with Gasteiger partial charge in [-0.3, -0.25) is 4.79 Å². The van der Waals surface area contributed by atoms with Gasteiger partial charge in [0.05, 0.1) is 16.6 Å². The highest BCUT2D eigenvalue weighted by Crippen LogP contribution is 2.30. The van der Waals surface area contributed by atoms with Crippen molar-refractivity contribution < 1.29 is 9.32 Å². The Hall–Kier alpha value is -3.51. The fraction of sp³-hybridized carbons (Fsp3) is 0.0455. The van der Waals surface area contributed by atoms with E-state index >= 15 is 0 Å². The molecular formula is C22H15N3O2S. The van der Waals surface area contributed by atoms with E-state index in [0.29, 0.717) is 11.3 Å². The molecule has 0 saturated heterocycles. The Kier molecular flexibility index (Phi) is 4.10. The monoisotopic (exact) mass is 385 g/mol. The van der Waals surface area contributed by atoms with Crippen LogP contribution in [0.15, 0.2) is 77.3 Å². The lowest BCUT2D eigenvalue weighted by Gasteiger charge is -2.05. The van der Waals surface area contributed by atoms with Gasteiger partial charge >= 0.3 is 0 Å². The van der Waals surface area contributed by atoms with Crippen molar-refractivity contribution in [3.05, 3.63) is 78.5 Å². The van der Waals surface area contributed by atoms with Crippen LogP contribution in [0, 0.1) is 0 Å². The molecule has 5 aromatic rings. The molecule has 0 fully saturated rings. The Morgan fingerprint density at radius 1 is 0.964 bits per heavy atom. The summed E-state index contributed by atoms with van der Waals surface area (Å²) in [6.45, 7) is 0. The molecule has 5 rings (SSSR count). The van der Waals surface area contributed by atoms with E-state index in [0.717, 1.165) is 31.9 Å². The number of hydrogen-bond donors (Lipinski definition) is 1. The zero-order chi connectivity index (χ0) is 18.9. The van der Waals surface area contributed by atoms with Crippen LogP contribution in [-0.4, -0.2) is 16.0 Å². The average Bonchev–Trinajstić information content (AvgIpc) is 3.33. The number of fused-ring (bicyclic) bond motifs is 2. The average molecular weight is 385 g/mol. The van der Waals surface area contributed by atoms with Crippen molar-refractivity contribution in [1.82, 2.24) is 10.1 Å². The number of nitrogens with zero attached hydrogens (tertiary/aromatic N) is 2. The fourth-order valence-electron chi connectivity index (χ4n) is 3.11. The lowest BCUT2D eigenvalue weighted by Crippen LogP contribution is -2.14. The van der Waals surface area contributed by atoms with Gasteiger partial charge in [0, 0.05) is 16.6 Å². The topological polar surface area (TPSA) is 68.0 Å². The van der Waals surface area contributed by atoms with Crippen LogP contribution in [0.3, 0.4) is 0 Å². The molecule has 0 aliphatic heterocycles. The first-order valence-electron chi connectivity index (χ1n) is 8.85. The van der Waals surface area contributed by atoms with E-state index in [1.54, 1.807) is 11.3 Å². The first kappa shape index (κ1) is 16.6. The van der Waals surface area contributed by atoms with Crippen LogP contribution in [0.1, 0.15) is 5.69 Å². The van der Waals surface area contributed by atoms with Gasteiger partial charge in [0.15, 0.2) is 5.58 Å². The Morgan fingerprint density at radius 2 is 1.75 bits per heavy atom. The molecule has 3 aromatic carbocycles. The van der Waals surface area contributed by atoms with E-state index in [4.69, 9.17) is 4.52 Å². The molecule has 2 aromatic heterocycles. The number of carbonyl (C=O) groups excluding carboxylic acids is 1. The molecule has 0 bridgehead atoms. The van der Waals surface area contributed by atoms with Crippen molar-refractivity contribution in [3.63, 3.8) is 0 Å². The molecule has 28 heavy (non-hydrogen) atoms. The third kappa shape index (κ3) is 3.14. The summed E-state index contributed by atoms with van der Waals surface area (Å²) < 4.78 is 6.42. The normalized spacial score (nSPS) is 11.1. The zero-order valence-electron chi connectivity index (χ0n) is 14.8. The quantitative estimate of drug-likeness (QED) is 0.457. The number of amides is 1. The van der Waals surface area contributed by atoms with E-state index in [-0.39, 0.29) is 12.3 Å². The number of nitrogens with one attached hydrogen (secondary N) is 1. The zero-order valence-corrected chi connectivity index (χ0v) is 15.6. The molecule has 6 heteroatoms. The van der Waals surface area contributed by atoms with Gasteiger partial charge in [-0.15, -0.1) is 11.3 Å². The maximum absolute atomic E-state index is 12.4. The highest BCUT2D eigenvalue weighted by atomic mass is 32.1. The molecule has 1 amide bonds. The number of carbonyl (C=O) groups is 1. The van der Waals surface area contributed by atoms with Crippen LogP contribution in [0.4, 0.5) is 5.69 Å². The minimum Gasteiger partial charge on any atom is -0.356 e. The molecule has 0 aliphatic rings. The van der Waals surface area contributed by atoms with Crippen molar-refractivity contribution in [2.45, 2.75) is 6.42 Å². The fourth-order valence-corrected chi connectivity index (χ4v) is 4.09. The molecule has 0 spiro atoms. The van der Waals surface area contributed by atoms with Gasteiger partial charge in [-0.2, -0.15) is 0 Å². The molecule has 1 N–H and O–H groups in total. The lowest BCUT2D eigenvalue weighted by atomic mass is 10.1. The first-order chi connectivity index (χ1) is 13.8. The number of para-hydroxylation sites is 2. The van der Waals surface area contributed by atoms with Gasteiger partial charge in [0.2, 0.25) is 5.91 Å². The lowest BCUT2D eigenvalue weighted by molar-refractivity contribution is -0.115. The highest BCUT2D eigenvalue weighted by molar-refractivity contribution is 7.21. The minimum absolute atomic E-state index is 0.133. The van der Waals surface area contributed by atoms with Gasteiger partial charge in [0.25, 0.3) is 0 Å². The standard InChI is InChI=1S/C22H15N3O2S/c26-21(13-18-16-5-1-3-7-19(16)27-25-18)23-15-11-9-14(10-12-15)22-24-17-6-2-4-8-20(17)28-22/h1-12H,13H2,(H,23,26). The molecule has 136 valence electrons. The van der Waals surface area contributed by atoms with Crippen molar-refractivity contribution in [2.24, 2.45) is 0 Å². The van der Waals surface area contributed by atoms with E-state index in [1.807, 2.05) is 66.7 Å². The third-order valence-electron chi connectivity index (χ3n) is 4.49. The summed E-state index contributed by atoms with van der Waals surface area (Å²) in [4.78, 5) is 17.1. The van der Waals surface area contributed by atoms with E-state index < -0.39 is 0 Å². The number of thiazole rings is 1. The number of hydrogen-bond acceptors (Lipinski definition) is 5. The van der Waals surface area contributed by atoms with Crippen molar-refractivity contribution in [3.8, 4) is 10.6 Å². The Balaban J connectivity index is 1.31. The van der Waals surface area contributed by atoms with E-state index in [9.17, 15) is 4.79 Å². The van der Waals surface area contributed by atoms with E-state index in [2.05, 4.69) is 21.5 Å². The largest absolute Gasteiger partial charge is 0.356 e. The second-order valence-electron chi connectivity index (χ2n) is 6.41. The van der Waals surface area contributed by atoms with Crippen LogP contribution in [0.2, 0.25) is 0 Å². The number of rotatable bonds is 4. The number of benzene rings is 3. The van der Waals surface area contributed by atoms with Gasteiger partial charge < -0.3 is 9.84 Å². The summed E-state index contributed by atoms with van der Waals surface area (Å²) in [6.07, 6.45) is 0.163. The van der Waals surface area contributed by atoms with E-state index in [1.165, 1.54) is 0 Å².